The molecule has 0 aliphatic carbocycles. The highest BCUT2D eigenvalue weighted by atomic mass is 35.5. The van der Waals surface area contributed by atoms with E-state index < -0.39 is 18.0 Å². The molecule has 0 radical (unpaired) electrons. The quantitative estimate of drug-likeness (QED) is 0.273. The predicted octanol–water partition coefficient (Wildman–Crippen LogP) is 6.79. The topological polar surface area (TPSA) is 57.2 Å². The van der Waals surface area contributed by atoms with Gasteiger partial charge in [0.2, 0.25) is 5.91 Å². The number of hydrogen-bond acceptors (Lipinski definition) is 5. The minimum absolute atomic E-state index is 0.144. The van der Waals surface area contributed by atoms with E-state index in [1.54, 1.807) is 37.3 Å². The van der Waals surface area contributed by atoms with Gasteiger partial charge in [0.05, 0.1) is 39.5 Å². The van der Waals surface area contributed by atoms with Crippen molar-refractivity contribution in [2.24, 2.45) is 0 Å². The van der Waals surface area contributed by atoms with Gasteiger partial charge in [0.25, 0.3) is 0 Å². The van der Waals surface area contributed by atoms with Crippen LogP contribution < -0.4 is 9.47 Å². The van der Waals surface area contributed by atoms with Gasteiger partial charge in [-0.1, -0.05) is 48.3 Å². The Hall–Kier alpha value is -2.84. The molecule has 0 saturated carbocycles. The van der Waals surface area contributed by atoms with E-state index in [1.807, 2.05) is 37.3 Å². The van der Waals surface area contributed by atoms with Crippen molar-refractivity contribution in [3.63, 3.8) is 0 Å². The fourth-order valence-corrected chi connectivity index (χ4v) is 5.11. The molecule has 3 atom stereocenters. The number of methoxy groups -OCH3 is 2. The summed E-state index contributed by atoms with van der Waals surface area (Å²) in [6.07, 6.45) is 0.000232. The summed E-state index contributed by atoms with van der Waals surface area (Å²) in [7, 11) is 3.17. The first-order valence-electron chi connectivity index (χ1n) is 12.3. The summed E-state index contributed by atoms with van der Waals surface area (Å²) in [6.45, 7) is 2.47. The number of halogens is 3. The highest BCUT2D eigenvalue weighted by Crippen LogP contribution is 2.42. The van der Waals surface area contributed by atoms with Gasteiger partial charge < -0.3 is 23.8 Å². The van der Waals surface area contributed by atoms with Crippen molar-refractivity contribution < 1.29 is 28.1 Å². The maximum atomic E-state index is 14.3. The van der Waals surface area contributed by atoms with Gasteiger partial charge in [0, 0.05) is 10.0 Å². The third kappa shape index (κ3) is 6.41. The second kappa shape index (κ2) is 12.8. The number of rotatable bonds is 10. The van der Waals surface area contributed by atoms with Crippen LogP contribution >= 0.6 is 23.2 Å². The highest BCUT2D eigenvalue weighted by Gasteiger charge is 2.42. The molecular formula is C29H30Cl2FNO5. The SMILES string of the molecule is CC[C@@H](COCc1ccc(OC)c(OC)c1)N1C(=O)CO[C@H](c2cc(F)cc(Cl)c2)[C@H]1c1ccc(Cl)cc1. The van der Waals surface area contributed by atoms with Crippen molar-refractivity contribution in [3.05, 3.63) is 93.2 Å². The number of amides is 1. The summed E-state index contributed by atoms with van der Waals surface area (Å²) in [6, 6.07) is 16.3. The molecule has 3 aromatic rings. The molecule has 0 unspecified atom stereocenters. The van der Waals surface area contributed by atoms with Crippen molar-refractivity contribution in [2.45, 2.75) is 38.1 Å². The van der Waals surface area contributed by atoms with Gasteiger partial charge in [-0.2, -0.15) is 0 Å². The first-order chi connectivity index (χ1) is 18.3. The summed E-state index contributed by atoms with van der Waals surface area (Å²) >= 11 is 12.3. The van der Waals surface area contributed by atoms with Gasteiger partial charge in [-0.25, -0.2) is 4.39 Å². The monoisotopic (exact) mass is 561 g/mol. The molecule has 1 fully saturated rings. The second-order valence-corrected chi connectivity index (χ2v) is 9.87. The van der Waals surface area contributed by atoms with E-state index in [0.717, 1.165) is 11.1 Å². The molecule has 1 heterocycles. The molecule has 0 N–H and O–H groups in total. The maximum Gasteiger partial charge on any atom is 0.249 e. The summed E-state index contributed by atoms with van der Waals surface area (Å²) in [5.74, 6) is 0.601. The second-order valence-electron chi connectivity index (χ2n) is 9.00. The zero-order valence-electron chi connectivity index (χ0n) is 21.5. The van der Waals surface area contributed by atoms with Crippen LogP contribution in [0.5, 0.6) is 11.5 Å². The van der Waals surface area contributed by atoms with Gasteiger partial charge in [-0.15, -0.1) is 0 Å². The van der Waals surface area contributed by atoms with E-state index in [4.69, 9.17) is 42.1 Å². The molecule has 0 bridgehead atoms. The lowest BCUT2D eigenvalue weighted by Crippen LogP contribution is -2.52. The van der Waals surface area contributed by atoms with Gasteiger partial charge in [-0.05, 0) is 65.6 Å². The Morgan fingerprint density at radius 1 is 0.974 bits per heavy atom. The Labute approximate surface area is 232 Å². The minimum atomic E-state index is -0.637. The molecule has 38 heavy (non-hydrogen) atoms. The third-order valence-corrected chi connectivity index (χ3v) is 7.05. The van der Waals surface area contributed by atoms with Crippen molar-refractivity contribution in [3.8, 4) is 11.5 Å². The van der Waals surface area contributed by atoms with E-state index in [0.29, 0.717) is 35.1 Å². The Morgan fingerprint density at radius 2 is 1.71 bits per heavy atom. The van der Waals surface area contributed by atoms with Gasteiger partial charge in [0.15, 0.2) is 11.5 Å². The lowest BCUT2D eigenvalue weighted by Gasteiger charge is -2.45. The molecule has 202 valence electrons. The van der Waals surface area contributed by atoms with Crippen LogP contribution in [-0.2, 0) is 20.9 Å². The Balaban J connectivity index is 1.61. The first kappa shape index (κ1) is 28.2. The summed E-state index contributed by atoms with van der Waals surface area (Å²) in [4.78, 5) is 15.1. The van der Waals surface area contributed by atoms with Crippen LogP contribution in [0.1, 0.15) is 42.2 Å². The van der Waals surface area contributed by atoms with Crippen LogP contribution in [0.3, 0.4) is 0 Å². The molecular weight excluding hydrogens is 532 g/mol. The van der Waals surface area contributed by atoms with Crippen LogP contribution in [0.2, 0.25) is 10.0 Å². The zero-order chi connectivity index (χ0) is 27.2. The third-order valence-electron chi connectivity index (χ3n) is 6.58. The molecule has 6 nitrogen and oxygen atoms in total. The van der Waals surface area contributed by atoms with Crippen LogP contribution in [0.25, 0.3) is 0 Å². The molecule has 0 aromatic heterocycles. The van der Waals surface area contributed by atoms with Gasteiger partial charge in [-0.3, -0.25) is 4.79 Å². The molecule has 4 rings (SSSR count). The summed E-state index contributed by atoms with van der Waals surface area (Å²) in [5, 5.41) is 0.825. The van der Waals surface area contributed by atoms with Crippen LogP contribution in [-0.4, -0.2) is 44.3 Å². The lowest BCUT2D eigenvalue weighted by atomic mass is 9.91. The minimum Gasteiger partial charge on any atom is -0.493 e. The fourth-order valence-electron chi connectivity index (χ4n) is 4.75. The standard InChI is InChI=1S/C29H30Cl2FNO5/c1-4-24(16-37-15-18-5-10-25(35-2)26(11-18)36-3)33-27(34)17-38-29(20-12-22(31)14-23(32)13-20)28(33)19-6-8-21(30)9-7-19/h5-14,24,28-29H,4,15-17H2,1-3H3/t24-,28+,29+/m0/s1. The van der Waals surface area contributed by atoms with E-state index in [-0.39, 0.29) is 30.2 Å². The Morgan fingerprint density at radius 3 is 2.37 bits per heavy atom. The largest absolute Gasteiger partial charge is 0.493 e. The Bertz CT molecular complexity index is 1240. The molecule has 0 spiro atoms. The van der Waals surface area contributed by atoms with Crippen molar-refractivity contribution >= 4 is 29.1 Å². The fraction of sp³-hybridized carbons (Fsp3) is 0.345. The zero-order valence-corrected chi connectivity index (χ0v) is 23.0. The normalized spacial score (nSPS) is 18.4. The summed E-state index contributed by atoms with van der Waals surface area (Å²) in [5.41, 5.74) is 2.27. The number of morpholine rings is 1. The van der Waals surface area contributed by atoms with Gasteiger partial charge >= 0.3 is 0 Å². The van der Waals surface area contributed by atoms with Crippen LogP contribution in [0.15, 0.2) is 60.7 Å². The smallest absolute Gasteiger partial charge is 0.249 e. The van der Waals surface area contributed by atoms with E-state index in [1.165, 1.54) is 12.1 Å². The summed E-state index contributed by atoms with van der Waals surface area (Å²) < 4.78 is 37.1. The molecule has 1 aliphatic heterocycles. The number of carbonyl (C=O) groups is 1. The molecule has 9 heteroatoms. The number of benzene rings is 3. The maximum absolute atomic E-state index is 14.3. The van der Waals surface area contributed by atoms with Crippen LogP contribution in [0.4, 0.5) is 4.39 Å². The van der Waals surface area contributed by atoms with Crippen molar-refractivity contribution in [1.29, 1.82) is 0 Å². The number of nitrogens with zero attached hydrogens (tertiary/aromatic N) is 1. The lowest BCUT2D eigenvalue weighted by molar-refractivity contribution is -0.166. The Kier molecular flexibility index (Phi) is 9.49. The average Bonchev–Trinajstić information content (AvgIpc) is 2.91. The molecule has 1 saturated heterocycles. The average molecular weight is 562 g/mol. The highest BCUT2D eigenvalue weighted by molar-refractivity contribution is 6.30. The first-order valence-corrected chi connectivity index (χ1v) is 13.0. The molecule has 3 aromatic carbocycles. The van der Waals surface area contributed by atoms with Crippen LogP contribution in [0, 0.1) is 5.82 Å². The van der Waals surface area contributed by atoms with E-state index in [2.05, 4.69) is 0 Å². The van der Waals surface area contributed by atoms with Gasteiger partial charge in [0.1, 0.15) is 18.5 Å². The molecule has 1 amide bonds. The number of hydrogen-bond donors (Lipinski definition) is 0. The predicted molar refractivity (Wildman–Crippen MR) is 144 cm³/mol. The van der Waals surface area contributed by atoms with Crippen molar-refractivity contribution in [1.82, 2.24) is 4.90 Å². The van der Waals surface area contributed by atoms with E-state index >= 15 is 0 Å². The number of carbonyl (C=O) groups excluding carboxylic acids is 1. The number of ether oxygens (including phenoxy) is 4. The van der Waals surface area contributed by atoms with E-state index in [9.17, 15) is 9.18 Å². The van der Waals surface area contributed by atoms with Crippen molar-refractivity contribution in [2.75, 3.05) is 27.4 Å². The molecule has 1 aliphatic rings.